The maximum atomic E-state index is 13.9. The first-order chi connectivity index (χ1) is 16.5. The standard InChI is InChI=1S/C29H51NO6S/c1-18(2)14-29(11,17-37(34,35)27(6,7)8)15-19(31)13-20(26(3,4)5)24(32)30-16-21-22(28(21,9)10)23(30)25(33)36-12/h18,20-23H,13-17H2,1-12H3/t20?,21?,22-,23-,29+/m0/s1. The lowest BCUT2D eigenvalue weighted by molar-refractivity contribution is -0.156. The van der Waals surface area contributed by atoms with Crippen molar-refractivity contribution < 1.29 is 27.5 Å². The van der Waals surface area contributed by atoms with Crippen LogP contribution in [0, 0.1) is 39.9 Å². The van der Waals surface area contributed by atoms with Crippen molar-refractivity contribution in [3.8, 4) is 0 Å². The van der Waals surface area contributed by atoms with Crippen LogP contribution in [0.4, 0.5) is 0 Å². The van der Waals surface area contributed by atoms with Crippen LogP contribution in [0.15, 0.2) is 0 Å². The maximum absolute atomic E-state index is 13.9. The van der Waals surface area contributed by atoms with E-state index in [9.17, 15) is 22.8 Å². The monoisotopic (exact) mass is 541 g/mol. The second-order valence-corrected chi connectivity index (χ2v) is 17.8. The molecule has 2 rings (SSSR count). The van der Waals surface area contributed by atoms with Crippen molar-refractivity contribution in [2.45, 2.75) is 106 Å². The normalized spacial score (nSPS) is 25.9. The molecule has 1 saturated carbocycles. The van der Waals surface area contributed by atoms with Crippen LogP contribution < -0.4 is 0 Å². The van der Waals surface area contributed by atoms with E-state index in [0.717, 1.165) is 0 Å². The van der Waals surface area contributed by atoms with Crippen molar-refractivity contribution in [3.63, 3.8) is 0 Å². The Morgan fingerprint density at radius 2 is 1.57 bits per heavy atom. The first-order valence-corrected chi connectivity index (χ1v) is 15.3. The highest BCUT2D eigenvalue weighted by molar-refractivity contribution is 7.92. The maximum Gasteiger partial charge on any atom is 0.328 e. The number of rotatable bonds is 10. The molecular weight excluding hydrogens is 490 g/mol. The van der Waals surface area contributed by atoms with Gasteiger partial charge in [0, 0.05) is 31.2 Å². The highest BCUT2D eigenvalue weighted by Gasteiger charge is 2.70. The topological polar surface area (TPSA) is 97.8 Å². The zero-order valence-electron chi connectivity index (χ0n) is 25.2. The number of Topliss-reactive ketones (excluding diaryl/α,β-unsaturated/α-hetero) is 1. The molecule has 0 aromatic rings. The van der Waals surface area contributed by atoms with E-state index in [-0.39, 0.29) is 53.5 Å². The van der Waals surface area contributed by atoms with Gasteiger partial charge in [0.15, 0.2) is 9.84 Å². The average molecular weight is 542 g/mol. The first kappa shape index (κ1) is 31.8. The number of ketones is 1. The van der Waals surface area contributed by atoms with Crippen LogP contribution >= 0.6 is 0 Å². The third-order valence-electron chi connectivity index (χ3n) is 8.71. The first-order valence-electron chi connectivity index (χ1n) is 13.6. The minimum absolute atomic E-state index is 0.0140. The second-order valence-electron chi connectivity index (χ2n) is 15.0. The van der Waals surface area contributed by atoms with E-state index >= 15 is 0 Å². The minimum atomic E-state index is -3.44. The van der Waals surface area contributed by atoms with Crippen molar-refractivity contribution in [2.24, 2.45) is 39.9 Å². The summed E-state index contributed by atoms with van der Waals surface area (Å²) in [6.07, 6.45) is 0.713. The van der Waals surface area contributed by atoms with E-state index in [1.807, 2.05) is 41.5 Å². The molecule has 214 valence electrons. The van der Waals surface area contributed by atoms with Gasteiger partial charge in [-0.25, -0.2) is 13.2 Å². The van der Waals surface area contributed by atoms with Crippen LogP contribution in [-0.2, 0) is 29.0 Å². The van der Waals surface area contributed by atoms with Crippen LogP contribution in [-0.4, -0.2) is 61.2 Å². The summed E-state index contributed by atoms with van der Waals surface area (Å²) in [6, 6.07) is -0.624. The molecule has 2 fully saturated rings. The Balaban J connectivity index is 2.29. The lowest BCUT2D eigenvalue weighted by atomic mass is 9.73. The Morgan fingerprint density at radius 3 is 2.00 bits per heavy atom. The van der Waals surface area contributed by atoms with Gasteiger partial charge in [-0.05, 0) is 55.3 Å². The van der Waals surface area contributed by atoms with Crippen molar-refractivity contribution in [2.75, 3.05) is 19.4 Å². The molecule has 1 aliphatic carbocycles. The molecule has 8 heteroatoms. The van der Waals surface area contributed by atoms with E-state index in [2.05, 4.69) is 13.8 Å². The minimum Gasteiger partial charge on any atom is -0.467 e. The number of ether oxygens (including phenoxy) is 1. The summed E-state index contributed by atoms with van der Waals surface area (Å²) < 4.78 is 30.3. The fourth-order valence-electron chi connectivity index (χ4n) is 6.49. The molecule has 0 spiro atoms. The molecule has 1 heterocycles. The molecule has 1 saturated heterocycles. The van der Waals surface area contributed by atoms with E-state index in [4.69, 9.17) is 4.74 Å². The van der Waals surface area contributed by atoms with Crippen LogP contribution in [0.1, 0.15) is 95.4 Å². The number of fused-ring (bicyclic) bond motifs is 1. The van der Waals surface area contributed by atoms with E-state index in [1.54, 1.807) is 25.7 Å². The summed E-state index contributed by atoms with van der Waals surface area (Å²) in [6.45, 7) is 21.5. The van der Waals surface area contributed by atoms with E-state index in [1.165, 1.54) is 7.11 Å². The predicted molar refractivity (Wildman–Crippen MR) is 147 cm³/mol. The Bertz CT molecular complexity index is 1000. The lowest BCUT2D eigenvalue weighted by Crippen LogP contribution is -2.50. The lowest BCUT2D eigenvalue weighted by Gasteiger charge is -2.38. The third kappa shape index (κ3) is 6.77. The molecule has 0 aromatic carbocycles. The molecule has 7 nitrogen and oxygen atoms in total. The van der Waals surface area contributed by atoms with Crippen LogP contribution in [0.2, 0.25) is 0 Å². The number of sulfone groups is 1. The number of nitrogens with zero attached hydrogens (tertiary/aromatic N) is 1. The number of carbonyl (C=O) groups excluding carboxylic acids is 3. The van der Waals surface area contributed by atoms with Crippen molar-refractivity contribution in [1.29, 1.82) is 0 Å². The van der Waals surface area contributed by atoms with Crippen molar-refractivity contribution in [3.05, 3.63) is 0 Å². The van der Waals surface area contributed by atoms with Gasteiger partial charge in [-0.15, -0.1) is 0 Å². The molecule has 37 heavy (non-hydrogen) atoms. The molecule has 0 radical (unpaired) electrons. The molecule has 1 aliphatic heterocycles. The number of hydrogen-bond donors (Lipinski definition) is 0. The highest BCUT2D eigenvalue weighted by Crippen LogP contribution is 2.65. The molecule has 0 aromatic heterocycles. The molecule has 2 unspecified atom stereocenters. The summed E-state index contributed by atoms with van der Waals surface area (Å²) in [4.78, 5) is 41.8. The van der Waals surface area contributed by atoms with Gasteiger partial charge in [0.05, 0.1) is 17.6 Å². The Morgan fingerprint density at radius 1 is 1.03 bits per heavy atom. The van der Waals surface area contributed by atoms with Crippen LogP contribution in [0.25, 0.3) is 0 Å². The number of esters is 1. The quantitative estimate of drug-likeness (QED) is 0.364. The Hall–Kier alpha value is -1.44. The van der Waals surface area contributed by atoms with Crippen LogP contribution in [0.3, 0.4) is 0 Å². The molecule has 0 bridgehead atoms. The smallest absolute Gasteiger partial charge is 0.328 e. The van der Waals surface area contributed by atoms with E-state index in [0.29, 0.717) is 13.0 Å². The summed E-state index contributed by atoms with van der Waals surface area (Å²) >= 11 is 0. The average Bonchev–Trinajstić information content (AvgIpc) is 3.03. The van der Waals surface area contributed by atoms with Crippen LogP contribution in [0.5, 0.6) is 0 Å². The summed E-state index contributed by atoms with van der Waals surface area (Å²) in [5.41, 5.74) is -1.25. The molecular formula is C29H51NO6S. The summed E-state index contributed by atoms with van der Waals surface area (Å²) in [5.74, 6) is -0.861. The predicted octanol–water partition coefficient (Wildman–Crippen LogP) is 4.92. The van der Waals surface area contributed by atoms with Crippen molar-refractivity contribution in [1.82, 2.24) is 4.90 Å². The number of likely N-dealkylation sites (tertiary alicyclic amines) is 1. The second kappa shape index (κ2) is 10.3. The van der Waals surface area contributed by atoms with Gasteiger partial charge < -0.3 is 9.64 Å². The Kier molecular flexibility index (Phi) is 8.82. The molecule has 2 aliphatic rings. The molecule has 1 amide bonds. The number of amides is 1. The number of carbonyl (C=O) groups is 3. The highest BCUT2D eigenvalue weighted by atomic mass is 32.2. The number of methoxy groups -OCH3 is 1. The van der Waals surface area contributed by atoms with Gasteiger partial charge >= 0.3 is 5.97 Å². The number of piperidine rings is 1. The zero-order valence-corrected chi connectivity index (χ0v) is 26.0. The summed E-state index contributed by atoms with van der Waals surface area (Å²) in [5, 5.41) is 0. The zero-order chi connectivity index (χ0) is 28.9. The van der Waals surface area contributed by atoms with Gasteiger partial charge in [0.25, 0.3) is 0 Å². The largest absolute Gasteiger partial charge is 0.467 e. The number of hydrogen-bond acceptors (Lipinski definition) is 6. The SMILES string of the molecule is COC(=O)[C@@H]1[C@@H]2C(CN1C(=O)C(CC(=O)C[C@@](C)(CC(C)C)CS(=O)(=O)C(C)(C)C)C(C)(C)C)C2(C)C. The van der Waals surface area contributed by atoms with Gasteiger partial charge in [-0.1, -0.05) is 55.4 Å². The van der Waals surface area contributed by atoms with Gasteiger partial charge in [0.1, 0.15) is 11.8 Å². The fourth-order valence-corrected chi connectivity index (χ4v) is 8.06. The van der Waals surface area contributed by atoms with Gasteiger partial charge in [-0.3, -0.25) is 9.59 Å². The van der Waals surface area contributed by atoms with Gasteiger partial charge in [0.2, 0.25) is 5.91 Å². The summed E-state index contributed by atoms with van der Waals surface area (Å²) in [7, 11) is -2.10. The van der Waals surface area contributed by atoms with E-state index < -0.39 is 43.3 Å². The fraction of sp³-hybridized carbons (Fsp3) is 0.897. The van der Waals surface area contributed by atoms with Gasteiger partial charge in [-0.2, -0.15) is 0 Å². The third-order valence-corrected chi connectivity index (χ3v) is 11.6. The molecule has 5 atom stereocenters. The van der Waals surface area contributed by atoms with Crippen molar-refractivity contribution >= 4 is 27.5 Å². The Labute approximate surface area is 225 Å². The molecule has 0 N–H and O–H groups in total.